The molecule has 0 bridgehead atoms. The predicted octanol–water partition coefficient (Wildman–Crippen LogP) is -0.432. The second-order valence-corrected chi connectivity index (χ2v) is 4.70. The minimum Gasteiger partial charge on any atom is -0.467 e. The monoisotopic (exact) mass is 279 g/mol. The van der Waals surface area contributed by atoms with Crippen molar-refractivity contribution in [2.75, 3.05) is 13.7 Å². The van der Waals surface area contributed by atoms with Crippen LogP contribution in [0.2, 0.25) is 0 Å². The summed E-state index contributed by atoms with van der Waals surface area (Å²) in [7, 11) is 3.05. The first-order chi connectivity index (χ1) is 9.51. The zero-order valence-corrected chi connectivity index (χ0v) is 11.4. The highest BCUT2D eigenvalue weighted by Gasteiger charge is 2.38. The number of aliphatic hydroxyl groups is 1. The van der Waals surface area contributed by atoms with Gasteiger partial charge in [-0.15, -0.1) is 0 Å². The van der Waals surface area contributed by atoms with Crippen LogP contribution in [0.3, 0.4) is 0 Å². The van der Waals surface area contributed by atoms with Crippen molar-refractivity contribution in [3.63, 3.8) is 0 Å². The number of ether oxygens (including phenoxy) is 1. The third-order valence-corrected chi connectivity index (χ3v) is 3.18. The summed E-state index contributed by atoms with van der Waals surface area (Å²) in [6.45, 7) is 0.135. The van der Waals surface area contributed by atoms with Crippen LogP contribution in [0.1, 0.15) is 12.0 Å². The van der Waals surface area contributed by atoms with Crippen LogP contribution in [0.25, 0.3) is 6.08 Å². The van der Waals surface area contributed by atoms with Crippen LogP contribution in [0.15, 0.2) is 18.5 Å². The Morgan fingerprint density at radius 1 is 1.55 bits per heavy atom. The number of aromatic nitrogens is 2. The number of methoxy groups -OCH3 is 1. The molecular weight excluding hydrogens is 262 g/mol. The number of esters is 1. The van der Waals surface area contributed by atoms with Gasteiger partial charge in [-0.05, 0) is 6.08 Å². The van der Waals surface area contributed by atoms with E-state index in [1.54, 1.807) is 30.2 Å². The van der Waals surface area contributed by atoms with Crippen LogP contribution >= 0.6 is 0 Å². The summed E-state index contributed by atoms with van der Waals surface area (Å²) in [6.07, 6.45) is 5.88. The Hall–Kier alpha value is -2.15. The molecule has 0 radical (unpaired) electrons. The Bertz CT molecular complexity index is 537. The number of carbonyl (C=O) groups is 2. The molecule has 0 aliphatic carbocycles. The van der Waals surface area contributed by atoms with E-state index in [-0.39, 0.29) is 18.9 Å². The Balaban J connectivity index is 2.07. The second kappa shape index (κ2) is 5.87. The minimum absolute atomic E-state index is 0.135. The van der Waals surface area contributed by atoms with Crippen molar-refractivity contribution >= 4 is 18.0 Å². The number of amides is 1. The van der Waals surface area contributed by atoms with Gasteiger partial charge in [-0.3, -0.25) is 9.48 Å². The molecule has 2 heterocycles. The lowest BCUT2D eigenvalue weighted by molar-refractivity contribution is -0.149. The molecule has 2 rings (SSSR count). The molecule has 1 fully saturated rings. The average Bonchev–Trinajstić information content (AvgIpc) is 3.01. The van der Waals surface area contributed by atoms with Crippen molar-refractivity contribution in [1.29, 1.82) is 0 Å². The smallest absolute Gasteiger partial charge is 0.328 e. The topological polar surface area (TPSA) is 84.7 Å². The fourth-order valence-corrected chi connectivity index (χ4v) is 2.21. The fourth-order valence-electron chi connectivity index (χ4n) is 2.21. The van der Waals surface area contributed by atoms with Gasteiger partial charge in [0.05, 0.1) is 19.4 Å². The molecule has 1 aliphatic rings. The zero-order valence-electron chi connectivity index (χ0n) is 11.4. The highest BCUT2D eigenvalue weighted by Crippen LogP contribution is 2.19. The number of hydrogen-bond donors (Lipinski definition) is 1. The third kappa shape index (κ3) is 3.05. The summed E-state index contributed by atoms with van der Waals surface area (Å²) in [4.78, 5) is 25.0. The molecule has 0 spiro atoms. The van der Waals surface area contributed by atoms with Gasteiger partial charge in [-0.25, -0.2) is 4.79 Å². The van der Waals surface area contributed by atoms with Crippen LogP contribution in [0, 0.1) is 0 Å². The average molecular weight is 279 g/mol. The lowest BCUT2D eigenvalue weighted by atomic mass is 10.2. The molecule has 2 atom stereocenters. The highest BCUT2D eigenvalue weighted by atomic mass is 16.5. The Labute approximate surface area is 116 Å². The zero-order chi connectivity index (χ0) is 14.7. The van der Waals surface area contributed by atoms with E-state index < -0.39 is 18.1 Å². The summed E-state index contributed by atoms with van der Waals surface area (Å²) in [5.74, 6) is -0.842. The van der Waals surface area contributed by atoms with E-state index in [1.807, 2.05) is 0 Å². The largest absolute Gasteiger partial charge is 0.467 e. The number of aryl methyl sites for hydroxylation is 1. The van der Waals surface area contributed by atoms with Crippen LogP contribution < -0.4 is 0 Å². The van der Waals surface area contributed by atoms with Gasteiger partial charge in [0.1, 0.15) is 6.04 Å². The van der Waals surface area contributed by atoms with Crippen LogP contribution in [-0.4, -0.2) is 57.5 Å². The summed E-state index contributed by atoms with van der Waals surface area (Å²) in [6, 6.07) is -0.721. The number of carbonyl (C=O) groups excluding carboxylic acids is 2. The molecule has 7 nitrogen and oxygen atoms in total. The van der Waals surface area contributed by atoms with Gasteiger partial charge in [0.15, 0.2) is 0 Å². The molecule has 0 saturated carbocycles. The molecule has 1 N–H and O–H groups in total. The first-order valence-corrected chi connectivity index (χ1v) is 6.24. The summed E-state index contributed by atoms with van der Waals surface area (Å²) >= 11 is 0. The van der Waals surface area contributed by atoms with Crippen LogP contribution in [0.5, 0.6) is 0 Å². The van der Waals surface area contributed by atoms with E-state index in [9.17, 15) is 14.7 Å². The molecule has 20 heavy (non-hydrogen) atoms. The number of β-amino-alcohol motifs (C(OH)–C–C–N with tert-alkyl or cyclic N) is 1. The fraction of sp³-hybridized carbons (Fsp3) is 0.462. The van der Waals surface area contributed by atoms with Gasteiger partial charge in [0, 0.05) is 37.8 Å². The third-order valence-electron chi connectivity index (χ3n) is 3.18. The van der Waals surface area contributed by atoms with Gasteiger partial charge in [0.2, 0.25) is 5.91 Å². The van der Waals surface area contributed by atoms with Crippen molar-refractivity contribution in [2.24, 2.45) is 7.05 Å². The van der Waals surface area contributed by atoms with Crippen LogP contribution in [-0.2, 0) is 21.4 Å². The molecule has 1 amide bonds. The maximum atomic E-state index is 12.1. The first-order valence-electron chi connectivity index (χ1n) is 6.24. The van der Waals surface area contributed by atoms with Gasteiger partial charge in [-0.2, -0.15) is 5.10 Å². The van der Waals surface area contributed by atoms with Crippen molar-refractivity contribution in [1.82, 2.24) is 14.7 Å². The normalized spacial score (nSPS) is 22.4. The minimum atomic E-state index is -0.721. The van der Waals surface area contributed by atoms with E-state index in [4.69, 9.17) is 0 Å². The number of nitrogens with zero attached hydrogens (tertiary/aromatic N) is 3. The van der Waals surface area contributed by atoms with E-state index in [0.717, 1.165) is 5.56 Å². The SMILES string of the molecule is COC(=O)C1CC(O)CN1C(=O)/C=C/c1cnn(C)c1. The second-order valence-electron chi connectivity index (χ2n) is 4.70. The Morgan fingerprint density at radius 2 is 2.30 bits per heavy atom. The summed E-state index contributed by atoms with van der Waals surface area (Å²) < 4.78 is 6.27. The maximum absolute atomic E-state index is 12.1. The van der Waals surface area contributed by atoms with Gasteiger partial charge in [0.25, 0.3) is 0 Å². The molecule has 0 aromatic carbocycles. The molecule has 1 aromatic heterocycles. The highest BCUT2D eigenvalue weighted by molar-refractivity contribution is 5.95. The molecule has 1 aromatic rings. The summed E-state index contributed by atoms with van der Waals surface area (Å²) in [5.41, 5.74) is 0.787. The quantitative estimate of drug-likeness (QED) is 0.599. The number of aliphatic hydroxyl groups excluding tert-OH is 1. The van der Waals surface area contributed by atoms with Crippen molar-refractivity contribution in [2.45, 2.75) is 18.6 Å². The predicted molar refractivity (Wildman–Crippen MR) is 70.4 cm³/mol. The maximum Gasteiger partial charge on any atom is 0.328 e. The first kappa shape index (κ1) is 14.3. The molecular formula is C13H17N3O4. The van der Waals surface area contributed by atoms with E-state index in [2.05, 4.69) is 9.84 Å². The molecule has 2 unspecified atom stereocenters. The Kier molecular flexibility index (Phi) is 4.19. The molecule has 1 saturated heterocycles. The van der Waals surface area contributed by atoms with Gasteiger partial charge >= 0.3 is 5.97 Å². The number of hydrogen-bond acceptors (Lipinski definition) is 5. The van der Waals surface area contributed by atoms with E-state index in [0.29, 0.717) is 0 Å². The lowest BCUT2D eigenvalue weighted by Crippen LogP contribution is -2.40. The summed E-state index contributed by atoms with van der Waals surface area (Å²) in [5, 5.41) is 13.6. The lowest BCUT2D eigenvalue weighted by Gasteiger charge is -2.20. The van der Waals surface area contributed by atoms with Crippen molar-refractivity contribution < 1.29 is 19.4 Å². The van der Waals surface area contributed by atoms with E-state index in [1.165, 1.54) is 18.1 Å². The molecule has 7 heteroatoms. The van der Waals surface area contributed by atoms with Crippen LogP contribution in [0.4, 0.5) is 0 Å². The van der Waals surface area contributed by atoms with Crippen molar-refractivity contribution in [3.8, 4) is 0 Å². The van der Waals surface area contributed by atoms with Gasteiger partial charge < -0.3 is 14.7 Å². The number of likely N-dealkylation sites (tertiary alicyclic amines) is 1. The van der Waals surface area contributed by atoms with Gasteiger partial charge in [-0.1, -0.05) is 0 Å². The molecule has 108 valence electrons. The molecule has 1 aliphatic heterocycles. The standard InChI is InChI=1S/C13H17N3O4/c1-15-7-9(6-14-15)3-4-12(18)16-8-10(17)5-11(16)13(19)20-2/h3-4,6-7,10-11,17H,5,8H2,1-2H3/b4-3+. The number of rotatable bonds is 3. The van der Waals surface area contributed by atoms with Crippen molar-refractivity contribution in [3.05, 3.63) is 24.0 Å². The van der Waals surface area contributed by atoms with E-state index >= 15 is 0 Å². The Morgan fingerprint density at radius 3 is 2.90 bits per heavy atom.